The summed E-state index contributed by atoms with van der Waals surface area (Å²) < 4.78 is 0. The van der Waals surface area contributed by atoms with Gasteiger partial charge in [-0.15, -0.1) is 0 Å². The third-order valence-electron chi connectivity index (χ3n) is 5.37. The summed E-state index contributed by atoms with van der Waals surface area (Å²) in [4.78, 5) is 26.0. The molecule has 3 atom stereocenters. The number of carbonyl (C=O) groups is 2. The highest BCUT2D eigenvalue weighted by Crippen LogP contribution is 2.40. The van der Waals surface area contributed by atoms with Crippen LogP contribution in [0.3, 0.4) is 0 Å². The maximum Gasteiger partial charge on any atom is 0.326 e. The first-order valence-corrected chi connectivity index (χ1v) is 8.66. The van der Waals surface area contributed by atoms with Gasteiger partial charge in [0.25, 0.3) is 0 Å². The molecule has 1 amide bonds. The van der Waals surface area contributed by atoms with E-state index in [4.69, 9.17) is 0 Å². The van der Waals surface area contributed by atoms with Crippen LogP contribution in [0.15, 0.2) is 24.3 Å². The van der Waals surface area contributed by atoms with E-state index < -0.39 is 12.0 Å². The Hall–Kier alpha value is -1.84. The molecule has 0 aromatic heterocycles. The number of aryl methyl sites for hydroxylation is 2. The van der Waals surface area contributed by atoms with Gasteiger partial charge in [-0.3, -0.25) is 4.79 Å². The molecule has 1 aromatic rings. The second-order valence-corrected chi connectivity index (χ2v) is 6.99. The molecule has 0 bridgehead atoms. The molecule has 4 nitrogen and oxygen atoms in total. The number of rotatable bonds is 4. The highest BCUT2D eigenvalue weighted by Gasteiger charge is 2.47. The Balaban J connectivity index is 1.69. The van der Waals surface area contributed by atoms with Crippen molar-refractivity contribution in [3.63, 3.8) is 0 Å². The van der Waals surface area contributed by atoms with Gasteiger partial charge in [-0.1, -0.05) is 42.7 Å². The van der Waals surface area contributed by atoms with E-state index in [1.54, 1.807) is 4.90 Å². The molecule has 124 valence electrons. The Bertz CT molecular complexity index is 598. The molecular formula is C19H25NO3. The summed E-state index contributed by atoms with van der Waals surface area (Å²) >= 11 is 0. The number of hydrogen-bond acceptors (Lipinski definition) is 2. The molecule has 1 saturated heterocycles. The predicted molar refractivity (Wildman–Crippen MR) is 88.1 cm³/mol. The van der Waals surface area contributed by atoms with E-state index in [2.05, 4.69) is 6.07 Å². The van der Waals surface area contributed by atoms with Gasteiger partial charge < -0.3 is 10.0 Å². The van der Waals surface area contributed by atoms with Crippen molar-refractivity contribution in [3.05, 3.63) is 35.4 Å². The van der Waals surface area contributed by atoms with Gasteiger partial charge in [0.2, 0.25) is 5.91 Å². The van der Waals surface area contributed by atoms with Crippen LogP contribution in [0.2, 0.25) is 0 Å². The van der Waals surface area contributed by atoms with Gasteiger partial charge in [0.15, 0.2) is 0 Å². The average molecular weight is 315 g/mol. The topological polar surface area (TPSA) is 57.6 Å². The first-order valence-electron chi connectivity index (χ1n) is 8.66. The lowest BCUT2D eigenvalue weighted by atomic mass is 9.84. The van der Waals surface area contributed by atoms with Crippen LogP contribution in [0.1, 0.15) is 49.7 Å². The summed E-state index contributed by atoms with van der Waals surface area (Å²) in [5, 5.41) is 9.51. The number of benzene rings is 1. The van der Waals surface area contributed by atoms with Gasteiger partial charge in [0.05, 0.1) is 0 Å². The van der Waals surface area contributed by atoms with Crippen molar-refractivity contribution in [2.75, 3.05) is 0 Å². The fourth-order valence-corrected chi connectivity index (χ4v) is 4.29. The van der Waals surface area contributed by atoms with E-state index in [1.807, 2.05) is 25.1 Å². The molecule has 1 aliphatic heterocycles. The molecule has 1 aliphatic carbocycles. The summed E-state index contributed by atoms with van der Waals surface area (Å²) in [6.07, 6.45) is 6.02. The molecule has 1 aromatic carbocycles. The van der Waals surface area contributed by atoms with Gasteiger partial charge in [0.1, 0.15) is 6.04 Å². The van der Waals surface area contributed by atoms with Crippen molar-refractivity contribution in [2.45, 2.75) is 64.0 Å². The Morgan fingerprint density at radius 3 is 2.78 bits per heavy atom. The molecule has 2 fully saturated rings. The van der Waals surface area contributed by atoms with Crippen LogP contribution in [0.25, 0.3) is 0 Å². The zero-order valence-electron chi connectivity index (χ0n) is 13.7. The van der Waals surface area contributed by atoms with E-state index in [9.17, 15) is 14.7 Å². The maximum absolute atomic E-state index is 12.7. The number of carbonyl (C=O) groups excluding carboxylic acids is 1. The number of fused-ring (bicyclic) bond motifs is 1. The zero-order valence-corrected chi connectivity index (χ0v) is 13.7. The highest BCUT2D eigenvalue weighted by molar-refractivity contribution is 5.85. The fraction of sp³-hybridized carbons (Fsp3) is 0.579. The molecule has 3 rings (SSSR count). The summed E-state index contributed by atoms with van der Waals surface area (Å²) in [7, 11) is 0. The number of aliphatic carboxylic acids is 1. The van der Waals surface area contributed by atoms with Crippen LogP contribution >= 0.6 is 0 Å². The van der Waals surface area contributed by atoms with Crippen molar-refractivity contribution < 1.29 is 14.7 Å². The number of likely N-dealkylation sites (tertiary alicyclic amines) is 1. The molecule has 4 heteroatoms. The minimum Gasteiger partial charge on any atom is -0.480 e. The zero-order chi connectivity index (χ0) is 16.4. The molecule has 3 unspecified atom stereocenters. The van der Waals surface area contributed by atoms with E-state index in [1.165, 1.54) is 12.0 Å². The highest BCUT2D eigenvalue weighted by atomic mass is 16.4. The lowest BCUT2D eigenvalue weighted by Crippen LogP contribution is -2.46. The van der Waals surface area contributed by atoms with Crippen molar-refractivity contribution in [2.24, 2.45) is 5.92 Å². The van der Waals surface area contributed by atoms with Crippen LogP contribution in [0.4, 0.5) is 0 Å². The monoisotopic (exact) mass is 315 g/mol. The van der Waals surface area contributed by atoms with E-state index >= 15 is 0 Å². The third-order valence-corrected chi connectivity index (χ3v) is 5.37. The van der Waals surface area contributed by atoms with Crippen LogP contribution < -0.4 is 0 Å². The number of carboxylic acid groups (broad SMARTS) is 1. The SMILES string of the molecule is Cc1cccc(CCC(=O)N2C(C(=O)O)CC3CCCCC32)c1. The normalized spacial score (nSPS) is 26.8. The molecule has 1 heterocycles. The lowest BCUT2D eigenvalue weighted by Gasteiger charge is -2.33. The van der Waals surface area contributed by atoms with Crippen LogP contribution in [-0.2, 0) is 16.0 Å². The fourth-order valence-electron chi connectivity index (χ4n) is 4.29. The number of nitrogens with zero attached hydrogens (tertiary/aromatic N) is 1. The largest absolute Gasteiger partial charge is 0.480 e. The Kier molecular flexibility index (Phi) is 4.69. The predicted octanol–water partition coefficient (Wildman–Crippen LogP) is 3.17. The van der Waals surface area contributed by atoms with Crippen molar-refractivity contribution in [1.29, 1.82) is 0 Å². The molecule has 1 saturated carbocycles. The first kappa shape index (κ1) is 16.0. The Morgan fingerprint density at radius 2 is 2.04 bits per heavy atom. The first-order chi connectivity index (χ1) is 11.1. The quantitative estimate of drug-likeness (QED) is 0.928. The van der Waals surface area contributed by atoms with Gasteiger partial charge in [0, 0.05) is 12.5 Å². The summed E-state index contributed by atoms with van der Waals surface area (Å²) in [5.74, 6) is -0.454. The Morgan fingerprint density at radius 1 is 1.26 bits per heavy atom. The molecule has 0 radical (unpaired) electrons. The van der Waals surface area contributed by atoms with Crippen molar-refractivity contribution in [3.8, 4) is 0 Å². The van der Waals surface area contributed by atoms with Crippen LogP contribution in [0, 0.1) is 12.8 Å². The average Bonchev–Trinajstić information content (AvgIpc) is 2.92. The van der Waals surface area contributed by atoms with Gasteiger partial charge in [-0.05, 0) is 44.1 Å². The molecular weight excluding hydrogens is 290 g/mol. The molecule has 1 N–H and O–H groups in total. The maximum atomic E-state index is 12.7. The second-order valence-electron chi connectivity index (χ2n) is 6.99. The summed E-state index contributed by atoms with van der Waals surface area (Å²) in [6, 6.07) is 7.70. The van der Waals surface area contributed by atoms with Crippen molar-refractivity contribution in [1.82, 2.24) is 4.90 Å². The Labute approximate surface area is 137 Å². The molecule has 2 aliphatic rings. The minimum absolute atomic E-state index is 0.00769. The smallest absolute Gasteiger partial charge is 0.326 e. The van der Waals surface area contributed by atoms with E-state index in [0.29, 0.717) is 25.2 Å². The van der Waals surface area contributed by atoms with Gasteiger partial charge >= 0.3 is 5.97 Å². The standard InChI is InChI=1S/C19H25NO3/c1-13-5-4-6-14(11-13)9-10-18(21)20-16-8-3-2-7-15(16)12-17(20)19(22)23/h4-6,11,15-17H,2-3,7-10,12H2,1H3,(H,22,23). The molecule has 23 heavy (non-hydrogen) atoms. The van der Waals surface area contributed by atoms with Crippen LogP contribution in [0.5, 0.6) is 0 Å². The van der Waals surface area contributed by atoms with E-state index in [0.717, 1.165) is 24.8 Å². The molecule has 0 spiro atoms. The van der Waals surface area contributed by atoms with Gasteiger partial charge in [-0.25, -0.2) is 4.79 Å². The second kappa shape index (κ2) is 6.73. The van der Waals surface area contributed by atoms with Gasteiger partial charge in [-0.2, -0.15) is 0 Å². The lowest BCUT2D eigenvalue weighted by molar-refractivity contribution is -0.149. The van der Waals surface area contributed by atoms with Crippen LogP contribution in [-0.4, -0.2) is 34.0 Å². The van der Waals surface area contributed by atoms with Crippen molar-refractivity contribution >= 4 is 11.9 Å². The number of carboxylic acids is 1. The minimum atomic E-state index is -0.844. The number of amides is 1. The third kappa shape index (κ3) is 3.41. The van der Waals surface area contributed by atoms with E-state index in [-0.39, 0.29) is 11.9 Å². The summed E-state index contributed by atoms with van der Waals surface area (Å²) in [5.41, 5.74) is 2.33. The number of hydrogen-bond donors (Lipinski definition) is 1. The summed E-state index contributed by atoms with van der Waals surface area (Å²) in [6.45, 7) is 2.04.